The number of terminal acetylenes is 1. The van der Waals surface area contributed by atoms with Crippen LogP contribution >= 0.6 is 11.3 Å². The lowest BCUT2D eigenvalue weighted by atomic mass is 10.0. The zero-order valence-corrected chi connectivity index (χ0v) is 10.9. The van der Waals surface area contributed by atoms with Crippen molar-refractivity contribution in [3.63, 3.8) is 0 Å². The Hall–Kier alpha value is -2.38. The summed E-state index contributed by atoms with van der Waals surface area (Å²) in [5.41, 5.74) is 0.732. The molecule has 0 spiro atoms. The summed E-state index contributed by atoms with van der Waals surface area (Å²) in [5.74, 6) is 1.84. The minimum atomic E-state index is -0.335. The molecule has 94 valence electrons. The van der Waals surface area contributed by atoms with E-state index in [1.165, 1.54) is 11.3 Å². The Labute approximate surface area is 115 Å². The fraction of sp³-hybridized carbons (Fsp3) is 0.0667. The van der Waals surface area contributed by atoms with E-state index in [0.29, 0.717) is 16.0 Å². The molecule has 4 heteroatoms. The molecule has 3 nitrogen and oxygen atoms in total. The Bertz CT molecular complexity index is 638. The van der Waals surface area contributed by atoms with E-state index in [0.717, 1.165) is 0 Å². The van der Waals surface area contributed by atoms with Crippen molar-refractivity contribution in [2.24, 2.45) is 0 Å². The Balaban J connectivity index is 2.34. The monoisotopic (exact) mass is 269 g/mol. The molecule has 19 heavy (non-hydrogen) atoms. The number of rotatable bonds is 4. The van der Waals surface area contributed by atoms with Gasteiger partial charge in [0.1, 0.15) is 0 Å². The van der Waals surface area contributed by atoms with Crippen molar-refractivity contribution in [3.8, 4) is 12.3 Å². The zero-order valence-electron chi connectivity index (χ0n) is 10.1. The fourth-order valence-corrected chi connectivity index (χ4v) is 2.32. The molecule has 1 amide bonds. The minimum Gasteiger partial charge on any atom is -0.341 e. The Morgan fingerprint density at radius 3 is 2.53 bits per heavy atom. The third-order valence-electron chi connectivity index (χ3n) is 2.51. The number of hydrogen-bond acceptors (Lipinski definition) is 3. The molecular weight excluding hydrogens is 258 g/mol. The average Bonchev–Trinajstić information content (AvgIpc) is 2.98. The van der Waals surface area contributed by atoms with Crippen molar-refractivity contribution in [1.29, 1.82) is 0 Å². The molecular formula is C15H11NO2S. The standard InChI is InChI=1S/C15H11NO2S/c1-2-9-16-15(18)12-7-4-3-6-11(12)14(17)13-8-5-10-19-13/h1,3-8,10H,9H2,(H,16,18). The first kappa shape index (κ1) is 13.1. The first-order valence-corrected chi connectivity index (χ1v) is 6.51. The molecule has 1 aromatic carbocycles. The van der Waals surface area contributed by atoms with Crippen molar-refractivity contribution in [2.45, 2.75) is 0 Å². The number of carbonyl (C=O) groups is 2. The van der Waals surface area contributed by atoms with Gasteiger partial charge in [-0.15, -0.1) is 17.8 Å². The van der Waals surface area contributed by atoms with Crippen molar-refractivity contribution >= 4 is 23.0 Å². The number of benzene rings is 1. The van der Waals surface area contributed by atoms with Gasteiger partial charge in [-0.3, -0.25) is 9.59 Å². The highest BCUT2D eigenvalue weighted by Crippen LogP contribution is 2.18. The molecule has 0 fully saturated rings. The Kier molecular flexibility index (Phi) is 4.11. The van der Waals surface area contributed by atoms with Crippen molar-refractivity contribution in [2.75, 3.05) is 6.54 Å². The van der Waals surface area contributed by atoms with E-state index in [-0.39, 0.29) is 18.2 Å². The molecule has 0 unspecified atom stereocenters. The molecule has 1 N–H and O–H groups in total. The summed E-state index contributed by atoms with van der Waals surface area (Å²) in [6, 6.07) is 10.3. The van der Waals surface area contributed by atoms with Crippen LogP contribution in [0.4, 0.5) is 0 Å². The normalized spacial score (nSPS) is 9.63. The van der Waals surface area contributed by atoms with Crippen molar-refractivity contribution in [3.05, 3.63) is 57.8 Å². The molecule has 1 aromatic heterocycles. The average molecular weight is 269 g/mol. The second kappa shape index (κ2) is 5.98. The molecule has 0 saturated carbocycles. The van der Waals surface area contributed by atoms with Crippen LogP contribution < -0.4 is 5.32 Å². The zero-order chi connectivity index (χ0) is 13.7. The van der Waals surface area contributed by atoms with Crippen LogP contribution in [-0.4, -0.2) is 18.2 Å². The third kappa shape index (κ3) is 2.90. The lowest BCUT2D eigenvalue weighted by molar-refractivity contribution is 0.0947. The van der Waals surface area contributed by atoms with Gasteiger partial charge in [0.05, 0.1) is 17.0 Å². The summed E-state index contributed by atoms with van der Waals surface area (Å²) in [5, 5.41) is 4.39. The maximum absolute atomic E-state index is 12.3. The van der Waals surface area contributed by atoms with Gasteiger partial charge in [-0.2, -0.15) is 0 Å². The summed E-state index contributed by atoms with van der Waals surface area (Å²) in [4.78, 5) is 24.8. The molecule has 2 rings (SSSR count). The Morgan fingerprint density at radius 2 is 1.89 bits per heavy atom. The van der Waals surface area contributed by atoms with Gasteiger partial charge in [0.25, 0.3) is 5.91 Å². The predicted molar refractivity (Wildman–Crippen MR) is 75.4 cm³/mol. The highest BCUT2D eigenvalue weighted by molar-refractivity contribution is 7.12. The smallest absolute Gasteiger partial charge is 0.252 e. The molecule has 0 bridgehead atoms. The molecule has 1 heterocycles. The summed E-state index contributed by atoms with van der Waals surface area (Å²) in [6.45, 7) is 0.139. The van der Waals surface area contributed by atoms with Crippen molar-refractivity contribution in [1.82, 2.24) is 5.32 Å². The number of carbonyl (C=O) groups excluding carboxylic acids is 2. The van der Waals surface area contributed by atoms with E-state index >= 15 is 0 Å². The van der Waals surface area contributed by atoms with E-state index in [2.05, 4.69) is 11.2 Å². The van der Waals surface area contributed by atoms with Gasteiger partial charge in [-0.05, 0) is 17.5 Å². The first-order valence-electron chi connectivity index (χ1n) is 5.63. The van der Waals surface area contributed by atoms with Gasteiger partial charge < -0.3 is 5.32 Å². The number of nitrogens with one attached hydrogen (secondary N) is 1. The van der Waals surface area contributed by atoms with Crippen LogP contribution in [0.25, 0.3) is 0 Å². The number of hydrogen-bond donors (Lipinski definition) is 1. The van der Waals surface area contributed by atoms with Gasteiger partial charge in [-0.25, -0.2) is 0 Å². The fourth-order valence-electron chi connectivity index (χ4n) is 1.65. The lowest BCUT2D eigenvalue weighted by Gasteiger charge is -2.07. The highest BCUT2D eigenvalue weighted by Gasteiger charge is 2.17. The van der Waals surface area contributed by atoms with Crippen LogP contribution in [0.1, 0.15) is 25.6 Å². The van der Waals surface area contributed by atoms with Gasteiger partial charge in [0, 0.05) is 5.56 Å². The maximum Gasteiger partial charge on any atom is 0.252 e. The molecule has 0 aliphatic carbocycles. The second-order valence-electron chi connectivity index (χ2n) is 3.74. The van der Waals surface area contributed by atoms with E-state index in [4.69, 9.17) is 6.42 Å². The van der Waals surface area contributed by atoms with Gasteiger partial charge >= 0.3 is 0 Å². The molecule has 0 atom stereocenters. The van der Waals surface area contributed by atoms with Gasteiger partial charge in [-0.1, -0.05) is 30.2 Å². The SMILES string of the molecule is C#CCNC(=O)c1ccccc1C(=O)c1cccs1. The van der Waals surface area contributed by atoms with Crippen LogP contribution in [-0.2, 0) is 0 Å². The minimum absolute atomic E-state index is 0.139. The van der Waals surface area contributed by atoms with E-state index < -0.39 is 0 Å². The largest absolute Gasteiger partial charge is 0.341 e. The molecule has 2 aromatic rings. The predicted octanol–water partition coefficient (Wildman–Crippen LogP) is 2.34. The van der Waals surface area contributed by atoms with Gasteiger partial charge in [0.15, 0.2) is 0 Å². The molecule has 0 saturated heterocycles. The third-order valence-corrected chi connectivity index (χ3v) is 3.38. The number of thiophene rings is 1. The molecule has 0 radical (unpaired) electrons. The first-order chi connectivity index (χ1) is 9.24. The summed E-state index contributed by atoms with van der Waals surface area (Å²) in [7, 11) is 0. The summed E-state index contributed by atoms with van der Waals surface area (Å²) >= 11 is 1.35. The van der Waals surface area contributed by atoms with Gasteiger partial charge in [0.2, 0.25) is 5.78 Å². The second-order valence-corrected chi connectivity index (χ2v) is 4.69. The van der Waals surface area contributed by atoms with E-state index in [1.807, 2.05) is 5.38 Å². The topological polar surface area (TPSA) is 46.2 Å². The van der Waals surface area contributed by atoms with Crippen LogP contribution in [0, 0.1) is 12.3 Å². The lowest BCUT2D eigenvalue weighted by Crippen LogP contribution is -2.25. The van der Waals surface area contributed by atoms with E-state index in [9.17, 15) is 9.59 Å². The highest BCUT2D eigenvalue weighted by atomic mass is 32.1. The molecule has 0 aliphatic heterocycles. The maximum atomic E-state index is 12.3. The summed E-state index contributed by atoms with van der Waals surface area (Å²) < 4.78 is 0. The number of amides is 1. The Morgan fingerprint density at radius 1 is 1.16 bits per heavy atom. The van der Waals surface area contributed by atoms with Crippen LogP contribution in [0.15, 0.2) is 41.8 Å². The quantitative estimate of drug-likeness (QED) is 0.684. The molecule has 0 aliphatic rings. The summed E-state index contributed by atoms with van der Waals surface area (Å²) in [6.07, 6.45) is 5.10. The van der Waals surface area contributed by atoms with Crippen molar-refractivity contribution < 1.29 is 9.59 Å². The van der Waals surface area contributed by atoms with Crippen LogP contribution in [0.5, 0.6) is 0 Å². The number of ketones is 1. The van der Waals surface area contributed by atoms with E-state index in [1.54, 1.807) is 36.4 Å². The van der Waals surface area contributed by atoms with Crippen LogP contribution in [0.2, 0.25) is 0 Å². The van der Waals surface area contributed by atoms with Crippen LogP contribution in [0.3, 0.4) is 0 Å².